The smallest absolute Gasteiger partial charge is 0.146 e. The number of para-hydroxylation sites is 1. The van der Waals surface area contributed by atoms with E-state index in [0.29, 0.717) is 10.9 Å². The van der Waals surface area contributed by atoms with Gasteiger partial charge in [-0.3, -0.25) is 4.68 Å². The highest BCUT2D eigenvalue weighted by Gasteiger charge is 2.13. The van der Waals surface area contributed by atoms with Crippen LogP contribution in [-0.2, 0) is 13.7 Å². The minimum Gasteiger partial charge on any atom is -0.506 e. The van der Waals surface area contributed by atoms with Crippen LogP contribution >= 0.6 is 11.6 Å². The number of ether oxygens (including phenoxy) is 1. The maximum atomic E-state index is 9.46. The zero-order valence-electron chi connectivity index (χ0n) is 10.1. The Morgan fingerprint density at radius 2 is 2.22 bits per heavy atom. The Balaban J connectivity index is 2.19. The molecular weight excluding hydrogens is 254 g/mol. The number of aromatic nitrogens is 2. The van der Waals surface area contributed by atoms with Crippen molar-refractivity contribution >= 4 is 17.3 Å². The minimum atomic E-state index is 0.00139. The van der Waals surface area contributed by atoms with Crippen molar-refractivity contribution in [2.45, 2.75) is 13.5 Å². The molecule has 0 saturated heterocycles. The van der Waals surface area contributed by atoms with E-state index in [4.69, 9.17) is 22.1 Å². The summed E-state index contributed by atoms with van der Waals surface area (Å²) in [6.45, 7) is 2.11. The third kappa shape index (κ3) is 2.22. The van der Waals surface area contributed by atoms with Crippen LogP contribution in [0.25, 0.3) is 0 Å². The van der Waals surface area contributed by atoms with Crippen LogP contribution in [0.5, 0.6) is 11.5 Å². The molecule has 1 aromatic carbocycles. The number of hydrogen-bond donors (Lipinski definition) is 2. The number of phenols is 1. The molecule has 1 heterocycles. The summed E-state index contributed by atoms with van der Waals surface area (Å²) in [7, 11) is 1.77. The van der Waals surface area contributed by atoms with E-state index in [9.17, 15) is 5.11 Å². The van der Waals surface area contributed by atoms with Gasteiger partial charge in [-0.05, 0) is 19.1 Å². The summed E-state index contributed by atoms with van der Waals surface area (Å²) >= 11 is 6.09. The molecule has 0 bridgehead atoms. The molecule has 5 nitrogen and oxygen atoms in total. The Morgan fingerprint density at radius 1 is 1.50 bits per heavy atom. The highest BCUT2D eigenvalue weighted by atomic mass is 35.5. The number of halogens is 1. The molecule has 0 spiro atoms. The molecule has 2 aromatic rings. The van der Waals surface area contributed by atoms with E-state index in [1.165, 1.54) is 6.07 Å². The lowest BCUT2D eigenvalue weighted by molar-refractivity contribution is 0.305. The molecule has 18 heavy (non-hydrogen) atoms. The Morgan fingerprint density at radius 3 is 2.83 bits per heavy atom. The summed E-state index contributed by atoms with van der Waals surface area (Å²) in [5, 5.41) is 14.2. The van der Waals surface area contributed by atoms with Crippen molar-refractivity contribution in [2.24, 2.45) is 7.05 Å². The molecule has 0 aliphatic rings. The number of aryl methyl sites for hydroxylation is 2. The predicted octanol–water partition coefficient (Wildman–Crippen LogP) is 2.25. The summed E-state index contributed by atoms with van der Waals surface area (Å²) in [5.74, 6) is 0.427. The molecule has 0 fully saturated rings. The molecule has 0 atom stereocenters. The third-order valence-electron chi connectivity index (χ3n) is 2.68. The second-order valence-corrected chi connectivity index (χ2v) is 4.31. The summed E-state index contributed by atoms with van der Waals surface area (Å²) in [6, 6.07) is 4.86. The van der Waals surface area contributed by atoms with Crippen molar-refractivity contribution in [3.8, 4) is 11.5 Å². The lowest BCUT2D eigenvalue weighted by Crippen LogP contribution is -2.00. The molecule has 3 N–H and O–H groups in total. The molecule has 2 rings (SSSR count). The quantitative estimate of drug-likeness (QED) is 0.661. The van der Waals surface area contributed by atoms with Crippen LogP contribution in [0.1, 0.15) is 11.3 Å². The van der Waals surface area contributed by atoms with E-state index in [1.807, 2.05) is 6.92 Å². The maximum absolute atomic E-state index is 9.46. The van der Waals surface area contributed by atoms with E-state index in [2.05, 4.69) is 5.10 Å². The van der Waals surface area contributed by atoms with E-state index in [-0.39, 0.29) is 18.0 Å². The first-order valence-corrected chi connectivity index (χ1v) is 5.76. The molecule has 96 valence electrons. The molecule has 0 saturated carbocycles. The first-order chi connectivity index (χ1) is 8.50. The normalized spacial score (nSPS) is 10.6. The monoisotopic (exact) mass is 267 g/mol. The molecule has 0 amide bonds. The van der Waals surface area contributed by atoms with Gasteiger partial charge >= 0.3 is 0 Å². The fourth-order valence-corrected chi connectivity index (χ4v) is 1.88. The van der Waals surface area contributed by atoms with Gasteiger partial charge in [0.2, 0.25) is 0 Å². The number of aromatic hydroxyl groups is 1. The van der Waals surface area contributed by atoms with Crippen LogP contribution in [0.2, 0.25) is 5.15 Å². The lowest BCUT2D eigenvalue weighted by Gasteiger charge is -2.09. The fourth-order valence-electron chi connectivity index (χ4n) is 1.65. The average molecular weight is 268 g/mol. The Labute approximate surface area is 110 Å². The van der Waals surface area contributed by atoms with Gasteiger partial charge in [-0.2, -0.15) is 5.10 Å². The molecular formula is C12H14ClN3O2. The van der Waals surface area contributed by atoms with Crippen LogP contribution in [0.4, 0.5) is 5.69 Å². The van der Waals surface area contributed by atoms with Gasteiger partial charge < -0.3 is 15.6 Å². The van der Waals surface area contributed by atoms with Gasteiger partial charge in [0.05, 0.1) is 5.69 Å². The molecule has 0 unspecified atom stereocenters. The number of phenolic OH excluding ortho intramolecular Hbond substituents is 1. The maximum Gasteiger partial charge on any atom is 0.146 e. The first-order valence-electron chi connectivity index (χ1n) is 5.39. The number of nitrogens with two attached hydrogens (primary N) is 1. The number of benzene rings is 1. The molecule has 0 radical (unpaired) electrons. The number of nitrogens with zero attached hydrogens (tertiary/aromatic N) is 2. The first kappa shape index (κ1) is 12.6. The van der Waals surface area contributed by atoms with Gasteiger partial charge in [-0.1, -0.05) is 17.7 Å². The summed E-state index contributed by atoms with van der Waals surface area (Å²) in [4.78, 5) is 0. The van der Waals surface area contributed by atoms with Crippen LogP contribution < -0.4 is 10.5 Å². The van der Waals surface area contributed by atoms with Crippen LogP contribution in [0.15, 0.2) is 18.2 Å². The highest BCUT2D eigenvalue weighted by Crippen LogP contribution is 2.31. The molecule has 6 heteroatoms. The molecule has 1 aromatic heterocycles. The number of nitrogen functional groups attached to an aromatic ring is 1. The van der Waals surface area contributed by atoms with E-state index in [1.54, 1.807) is 23.9 Å². The molecule has 0 aliphatic heterocycles. The fraction of sp³-hybridized carbons (Fsp3) is 0.250. The SMILES string of the molecule is Cc1nn(C)c(Cl)c1COc1cccc(O)c1N. The van der Waals surface area contributed by atoms with Gasteiger partial charge in [0, 0.05) is 12.6 Å². The van der Waals surface area contributed by atoms with Crippen molar-refractivity contribution in [1.29, 1.82) is 0 Å². The lowest BCUT2D eigenvalue weighted by atomic mass is 10.2. The van der Waals surface area contributed by atoms with Crippen molar-refractivity contribution in [2.75, 3.05) is 5.73 Å². The van der Waals surface area contributed by atoms with Crippen molar-refractivity contribution in [3.63, 3.8) is 0 Å². The van der Waals surface area contributed by atoms with Crippen molar-refractivity contribution in [3.05, 3.63) is 34.6 Å². The Hall–Kier alpha value is -1.88. The van der Waals surface area contributed by atoms with Crippen LogP contribution in [0.3, 0.4) is 0 Å². The van der Waals surface area contributed by atoms with Gasteiger partial charge in [0.1, 0.15) is 28.9 Å². The van der Waals surface area contributed by atoms with E-state index < -0.39 is 0 Å². The second-order valence-electron chi connectivity index (χ2n) is 3.96. The van der Waals surface area contributed by atoms with Crippen molar-refractivity contribution < 1.29 is 9.84 Å². The van der Waals surface area contributed by atoms with Crippen LogP contribution in [-0.4, -0.2) is 14.9 Å². The van der Waals surface area contributed by atoms with Crippen LogP contribution in [0, 0.1) is 6.92 Å². The van der Waals surface area contributed by atoms with Gasteiger partial charge in [-0.15, -0.1) is 0 Å². The summed E-state index contributed by atoms with van der Waals surface area (Å²) in [6.07, 6.45) is 0. The standard InChI is InChI=1S/C12H14ClN3O2/c1-7-8(12(13)16(2)15-7)6-18-10-5-3-4-9(17)11(10)14/h3-5,17H,6,14H2,1-2H3. The Kier molecular flexibility index (Phi) is 3.34. The average Bonchev–Trinajstić information content (AvgIpc) is 2.56. The minimum absolute atomic E-state index is 0.00139. The zero-order chi connectivity index (χ0) is 13.3. The van der Waals surface area contributed by atoms with E-state index in [0.717, 1.165) is 11.3 Å². The topological polar surface area (TPSA) is 73.3 Å². The predicted molar refractivity (Wildman–Crippen MR) is 69.8 cm³/mol. The second kappa shape index (κ2) is 4.78. The highest BCUT2D eigenvalue weighted by molar-refractivity contribution is 6.30. The van der Waals surface area contributed by atoms with Crippen molar-refractivity contribution in [1.82, 2.24) is 9.78 Å². The van der Waals surface area contributed by atoms with Gasteiger partial charge in [0.15, 0.2) is 0 Å². The number of anilines is 1. The summed E-state index contributed by atoms with van der Waals surface area (Å²) in [5.41, 5.74) is 7.53. The number of hydrogen-bond acceptors (Lipinski definition) is 4. The zero-order valence-corrected chi connectivity index (χ0v) is 10.9. The number of rotatable bonds is 3. The Bertz CT molecular complexity index is 581. The third-order valence-corrected chi connectivity index (χ3v) is 3.16. The summed E-state index contributed by atoms with van der Waals surface area (Å²) < 4.78 is 7.14. The largest absolute Gasteiger partial charge is 0.506 e. The van der Waals surface area contributed by atoms with Gasteiger partial charge in [-0.25, -0.2) is 0 Å². The molecule has 0 aliphatic carbocycles. The van der Waals surface area contributed by atoms with E-state index >= 15 is 0 Å². The van der Waals surface area contributed by atoms with Gasteiger partial charge in [0.25, 0.3) is 0 Å².